The summed E-state index contributed by atoms with van der Waals surface area (Å²) in [4.78, 5) is 19.6. The number of hydrogen-bond acceptors (Lipinski definition) is 2. The Hall–Kier alpha value is -2.14. The first-order chi connectivity index (χ1) is 9.65. The zero-order valence-electron chi connectivity index (χ0n) is 10.8. The molecule has 0 aliphatic rings. The fourth-order valence-electron chi connectivity index (χ4n) is 2.11. The minimum absolute atomic E-state index is 0.140. The normalized spacial score (nSPS) is 10.7. The molecule has 0 bridgehead atoms. The van der Waals surface area contributed by atoms with E-state index in [0.717, 1.165) is 21.1 Å². The first-order valence-corrected chi connectivity index (χ1v) is 6.94. The van der Waals surface area contributed by atoms with Gasteiger partial charge in [-0.1, -0.05) is 6.07 Å². The maximum Gasteiger partial charge on any atom is 0.256 e. The van der Waals surface area contributed by atoms with Crippen molar-refractivity contribution in [2.45, 2.75) is 6.92 Å². The smallest absolute Gasteiger partial charge is 0.256 e. The Balaban J connectivity index is 1.93. The molecule has 0 fully saturated rings. The maximum atomic E-state index is 12.4. The van der Waals surface area contributed by atoms with E-state index in [1.807, 2.05) is 43.5 Å². The summed E-state index contributed by atoms with van der Waals surface area (Å²) in [5, 5.41) is 3.78. The summed E-state index contributed by atoms with van der Waals surface area (Å²) < 4.78 is 0.781. The van der Waals surface area contributed by atoms with E-state index in [-0.39, 0.29) is 5.91 Å². The average molecular weight is 330 g/mol. The van der Waals surface area contributed by atoms with Crippen molar-refractivity contribution in [3.05, 3.63) is 58.5 Å². The van der Waals surface area contributed by atoms with E-state index in [9.17, 15) is 4.79 Å². The SMILES string of the molecule is Cc1cc(NC(=O)c2cccc3[nH]ccc23)cnc1Br. The number of amides is 1. The van der Waals surface area contributed by atoms with Crippen LogP contribution in [0.4, 0.5) is 5.69 Å². The van der Waals surface area contributed by atoms with Crippen LogP contribution in [0.15, 0.2) is 47.3 Å². The molecule has 0 spiro atoms. The number of fused-ring (bicyclic) bond motifs is 1. The molecule has 3 aromatic rings. The minimum Gasteiger partial charge on any atom is -0.361 e. The lowest BCUT2D eigenvalue weighted by molar-refractivity contribution is 0.102. The third kappa shape index (κ3) is 2.32. The Labute approximate surface area is 124 Å². The zero-order chi connectivity index (χ0) is 14.1. The molecular weight excluding hydrogens is 318 g/mol. The number of benzene rings is 1. The summed E-state index contributed by atoms with van der Waals surface area (Å²) >= 11 is 3.34. The number of aryl methyl sites for hydroxylation is 1. The Morgan fingerprint density at radius 3 is 3.00 bits per heavy atom. The van der Waals surface area contributed by atoms with Crippen molar-refractivity contribution in [1.29, 1.82) is 0 Å². The molecule has 5 heteroatoms. The number of rotatable bonds is 2. The number of nitrogens with one attached hydrogen (secondary N) is 2. The van der Waals surface area contributed by atoms with Crippen LogP contribution in [0.5, 0.6) is 0 Å². The summed E-state index contributed by atoms with van der Waals surface area (Å²) in [7, 11) is 0. The molecule has 1 aromatic carbocycles. The topological polar surface area (TPSA) is 57.8 Å². The van der Waals surface area contributed by atoms with Gasteiger partial charge in [0, 0.05) is 22.7 Å². The van der Waals surface area contributed by atoms with Crippen LogP contribution in [0.3, 0.4) is 0 Å². The number of aromatic amines is 1. The number of hydrogen-bond donors (Lipinski definition) is 2. The standard InChI is InChI=1S/C15H12BrN3O/c1-9-7-10(8-18-14(9)16)19-15(20)12-3-2-4-13-11(12)5-6-17-13/h2-8,17H,1H3,(H,19,20). The van der Waals surface area contributed by atoms with E-state index >= 15 is 0 Å². The van der Waals surface area contributed by atoms with E-state index in [1.165, 1.54) is 0 Å². The van der Waals surface area contributed by atoms with Crippen molar-refractivity contribution in [3.63, 3.8) is 0 Å². The summed E-state index contributed by atoms with van der Waals surface area (Å²) in [6, 6.07) is 9.39. The number of halogens is 1. The molecule has 0 radical (unpaired) electrons. The summed E-state index contributed by atoms with van der Waals surface area (Å²) in [6.07, 6.45) is 3.46. The van der Waals surface area contributed by atoms with Crippen LogP contribution in [0.1, 0.15) is 15.9 Å². The van der Waals surface area contributed by atoms with Crippen LogP contribution in [0.2, 0.25) is 0 Å². The molecule has 0 atom stereocenters. The van der Waals surface area contributed by atoms with Crippen molar-refractivity contribution in [2.75, 3.05) is 5.32 Å². The molecule has 0 unspecified atom stereocenters. The molecule has 3 rings (SSSR count). The van der Waals surface area contributed by atoms with Gasteiger partial charge >= 0.3 is 0 Å². The number of carbonyl (C=O) groups excluding carboxylic acids is 1. The third-order valence-corrected chi connectivity index (χ3v) is 3.94. The van der Waals surface area contributed by atoms with Crippen LogP contribution in [0, 0.1) is 6.92 Å². The molecule has 2 N–H and O–H groups in total. The van der Waals surface area contributed by atoms with Crippen LogP contribution in [-0.2, 0) is 0 Å². The minimum atomic E-state index is -0.140. The second-order valence-electron chi connectivity index (χ2n) is 4.53. The number of pyridine rings is 1. The van der Waals surface area contributed by atoms with Crippen molar-refractivity contribution >= 4 is 38.4 Å². The predicted molar refractivity (Wildman–Crippen MR) is 82.9 cm³/mol. The molecule has 0 saturated carbocycles. The van der Waals surface area contributed by atoms with Crippen molar-refractivity contribution in [2.24, 2.45) is 0 Å². The van der Waals surface area contributed by atoms with Gasteiger partial charge in [-0.25, -0.2) is 4.98 Å². The first kappa shape index (κ1) is 12.9. The number of aromatic nitrogens is 2. The zero-order valence-corrected chi connectivity index (χ0v) is 12.4. The van der Waals surface area contributed by atoms with Crippen LogP contribution >= 0.6 is 15.9 Å². The Morgan fingerprint density at radius 1 is 1.35 bits per heavy atom. The van der Waals surface area contributed by atoms with Crippen molar-refractivity contribution in [1.82, 2.24) is 9.97 Å². The van der Waals surface area contributed by atoms with Crippen LogP contribution in [-0.4, -0.2) is 15.9 Å². The predicted octanol–water partition coefficient (Wildman–Crippen LogP) is 3.89. The lowest BCUT2D eigenvalue weighted by atomic mass is 10.1. The van der Waals surface area contributed by atoms with Crippen molar-refractivity contribution in [3.8, 4) is 0 Å². The van der Waals surface area contributed by atoms with Gasteiger partial charge in [-0.05, 0) is 52.7 Å². The highest BCUT2D eigenvalue weighted by Gasteiger charge is 2.11. The monoisotopic (exact) mass is 329 g/mol. The second kappa shape index (κ2) is 5.09. The molecule has 2 aromatic heterocycles. The van der Waals surface area contributed by atoms with E-state index in [4.69, 9.17) is 0 Å². The van der Waals surface area contributed by atoms with E-state index in [1.54, 1.807) is 6.20 Å². The van der Waals surface area contributed by atoms with Gasteiger partial charge in [-0.3, -0.25) is 4.79 Å². The Morgan fingerprint density at radius 2 is 2.20 bits per heavy atom. The fraction of sp³-hybridized carbons (Fsp3) is 0.0667. The largest absolute Gasteiger partial charge is 0.361 e. The molecule has 100 valence electrons. The maximum absolute atomic E-state index is 12.4. The first-order valence-electron chi connectivity index (χ1n) is 6.15. The van der Waals surface area contributed by atoms with Gasteiger partial charge in [-0.2, -0.15) is 0 Å². The van der Waals surface area contributed by atoms with Crippen molar-refractivity contribution < 1.29 is 4.79 Å². The molecule has 0 aliphatic heterocycles. The highest BCUT2D eigenvalue weighted by Crippen LogP contribution is 2.20. The van der Waals surface area contributed by atoms with E-state index in [2.05, 4.69) is 31.2 Å². The summed E-state index contributed by atoms with van der Waals surface area (Å²) in [5.41, 5.74) is 3.25. The van der Waals surface area contributed by atoms with E-state index in [0.29, 0.717) is 11.3 Å². The van der Waals surface area contributed by atoms with Crippen LogP contribution in [0.25, 0.3) is 10.9 Å². The summed E-state index contributed by atoms with van der Waals surface area (Å²) in [5.74, 6) is -0.140. The molecule has 0 aliphatic carbocycles. The highest BCUT2D eigenvalue weighted by molar-refractivity contribution is 9.10. The lowest BCUT2D eigenvalue weighted by Crippen LogP contribution is -2.12. The Bertz CT molecular complexity index is 795. The highest BCUT2D eigenvalue weighted by atomic mass is 79.9. The van der Waals surface area contributed by atoms with Gasteiger partial charge in [0.1, 0.15) is 4.60 Å². The molecule has 0 saturated heterocycles. The number of nitrogens with zero attached hydrogens (tertiary/aromatic N) is 1. The lowest BCUT2D eigenvalue weighted by Gasteiger charge is -2.07. The third-order valence-electron chi connectivity index (χ3n) is 3.11. The molecular formula is C15H12BrN3O. The number of carbonyl (C=O) groups is 1. The van der Waals surface area contributed by atoms with Gasteiger partial charge in [0.15, 0.2) is 0 Å². The fourth-order valence-corrected chi connectivity index (χ4v) is 2.33. The second-order valence-corrected chi connectivity index (χ2v) is 5.28. The molecule has 2 heterocycles. The van der Waals surface area contributed by atoms with E-state index < -0.39 is 0 Å². The summed E-state index contributed by atoms with van der Waals surface area (Å²) in [6.45, 7) is 1.93. The van der Waals surface area contributed by atoms with Gasteiger partial charge in [0.05, 0.1) is 11.9 Å². The average Bonchev–Trinajstić information content (AvgIpc) is 2.91. The quantitative estimate of drug-likeness (QED) is 0.701. The molecule has 20 heavy (non-hydrogen) atoms. The number of H-pyrrole nitrogens is 1. The molecule has 1 amide bonds. The number of anilines is 1. The Kier molecular flexibility index (Phi) is 3.28. The van der Waals surface area contributed by atoms with Gasteiger partial charge in [0.2, 0.25) is 0 Å². The van der Waals surface area contributed by atoms with Gasteiger partial charge in [-0.15, -0.1) is 0 Å². The van der Waals surface area contributed by atoms with Crippen LogP contribution < -0.4 is 5.32 Å². The van der Waals surface area contributed by atoms with Gasteiger partial charge in [0.25, 0.3) is 5.91 Å². The molecule has 4 nitrogen and oxygen atoms in total. The van der Waals surface area contributed by atoms with Gasteiger partial charge < -0.3 is 10.3 Å².